The maximum atomic E-state index is 10.8. The summed E-state index contributed by atoms with van der Waals surface area (Å²) in [6.07, 6.45) is 8.97. The lowest BCUT2D eigenvalue weighted by molar-refractivity contribution is -0.395. The van der Waals surface area contributed by atoms with Crippen molar-refractivity contribution in [3.05, 3.63) is 31.5 Å². The van der Waals surface area contributed by atoms with Crippen molar-refractivity contribution in [2.75, 3.05) is 18.9 Å². The van der Waals surface area contributed by atoms with Gasteiger partial charge >= 0.3 is 5.82 Å². The van der Waals surface area contributed by atoms with Gasteiger partial charge in [-0.2, -0.15) is 5.10 Å². The molecule has 10 nitrogen and oxygen atoms in total. The predicted octanol–water partition coefficient (Wildman–Crippen LogP) is 4.18. The van der Waals surface area contributed by atoms with Gasteiger partial charge in [0.15, 0.2) is 6.23 Å². The van der Waals surface area contributed by atoms with Crippen LogP contribution in [-0.4, -0.2) is 37.7 Å². The second kappa shape index (κ2) is 9.81. The van der Waals surface area contributed by atoms with Crippen molar-refractivity contribution in [3.63, 3.8) is 0 Å². The molecule has 0 amide bonds. The lowest BCUT2D eigenvalue weighted by Crippen LogP contribution is -2.20. The molecule has 2 aromatic rings. The number of ether oxygens (including phenoxy) is 2. The Hall–Kier alpha value is -1.50. The summed E-state index contributed by atoms with van der Waals surface area (Å²) in [6.45, 7) is 1.45. The molecule has 0 radical (unpaired) electrons. The van der Waals surface area contributed by atoms with Crippen LogP contribution in [0.25, 0.3) is 0 Å². The first-order valence-electron chi connectivity index (χ1n) is 9.08. The quantitative estimate of drug-likeness (QED) is 0.474. The summed E-state index contributed by atoms with van der Waals surface area (Å²) >= 11 is 6.42. The van der Waals surface area contributed by atoms with Crippen molar-refractivity contribution in [2.24, 2.45) is 0 Å². The number of anilines is 1. The molecular formula is C16H22Br2N6O4. The molecular weight excluding hydrogens is 500 g/mol. The predicted molar refractivity (Wildman–Crippen MR) is 109 cm³/mol. The van der Waals surface area contributed by atoms with Gasteiger partial charge in [-0.3, -0.25) is 0 Å². The largest absolute Gasteiger partial charge is 0.383 e. The lowest BCUT2D eigenvalue weighted by Gasteiger charge is -2.23. The van der Waals surface area contributed by atoms with Gasteiger partial charge in [-0.25, -0.2) is 4.68 Å². The van der Waals surface area contributed by atoms with Crippen LogP contribution in [0.5, 0.6) is 0 Å². The van der Waals surface area contributed by atoms with E-state index >= 15 is 0 Å². The Bertz CT molecular complexity index is 799. The molecule has 2 N–H and O–H groups in total. The van der Waals surface area contributed by atoms with Crippen LogP contribution >= 0.6 is 31.9 Å². The van der Waals surface area contributed by atoms with E-state index in [2.05, 4.69) is 42.1 Å². The summed E-state index contributed by atoms with van der Waals surface area (Å²) < 4.78 is 15.3. The Labute approximate surface area is 178 Å². The molecule has 2 aromatic heterocycles. The van der Waals surface area contributed by atoms with Crippen LogP contribution < -0.4 is 5.73 Å². The fourth-order valence-corrected chi connectivity index (χ4v) is 3.82. The molecule has 0 spiro atoms. The lowest BCUT2D eigenvalue weighted by atomic mass is 10.2. The maximum absolute atomic E-state index is 10.8. The standard InChI is InChI=1S/C8H10BrN3O3.C8H12BrN3O/c9-6-5-10-11(8(6)12(13)14)7-3-1-2-4-15-7;9-6-5-11-12(8(6)10)7-3-1-2-4-13-7/h5,7H,1-4H2;5,7H,1-4,10H2. The number of nitrogens with zero attached hydrogens (tertiary/aromatic N) is 5. The van der Waals surface area contributed by atoms with Gasteiger partial charge in [-0.15, -0.1) is 4.68 Å². The molecule has 0 bridgehead atoms. The van der Waals surface area contributed by atoms with E-state index in [-0.39, 0.29) is 18.3 Å². The fourth-order valence-electron chi connectivity index (χ4n) is 3.13. The van der Waals surface area contributed by atoms with Crippen LogP contribution in [-0.2, 0) is 9.47 Å². The number of nitrogens with two attached hydrogens (primary N) is 1. The molecule has 2 unspecified atom stereocenters. The second-order valence-corrected chi connectivity index (χ2v) is 8.19. The van der Waals surface area contributed by atoms with Crippen molar-refractivity contribution in [2.45, 2.75) is 51.0 Å². The molecule has 2 saturated heterocycles. The van der Waals surface area contributed by atoms with Gasteiger partial charge in [0.1, 0.15) is 10.3 Å². The molecule has 2 aliphatic heterocycles. The van der Waals surface area contributed by atoms with Crippen molar-refractivity contribution in [1.82, 2.24) is 19.6 Å². The molecule has 0 aliphatic carbocycles. The number of hydrogen-bond acceptors (Lipinski definition) is 7. The van der Waals surface area contributed by atoms with Gasteiger partial charge in [0.25, 0.3) is 0 Å². The number of aromatic nitrogens is 4. The van der Waals surface area contributed by atoms with Crippen LogP contribution in [0, 0.1) is 10.1 Å². The minimum absolute atomic E-state index is 0.0278. The van der Waals surface area contributed by atoms with E-state index in [0.717, 1.165) is 43.2 Å². The van der Waals surface area contributed by atoms with E-state index in [1.165, 1.54) is 17.3 Å². The average molecular weight is 522 g/mol. The molecule has 28 heavy (non-hydrogen) atoms. The summed E-state index contributed by atoms with van der Waals surface area (Å²) in [6, 6.07) is 0. The van der Waals surface area contributed by atoms with E-state index in [1.54, 1.807) is 10.9 Å². The zero-order valence-corrected chi connectivity index (χ0v) is 18.3. The van der Waals surface area contributed by atoms with Crippen LogP contribution in [0.3, 0.4) is 0 Å². The first kappa shape index (κ1) is 21.2. The number of nitrogen functional groups attached to an aromatic ring is 1. The summed E-state index contributed by atoms with van der Waals surface area (Å²) in [5.41, 5.74) is 5.81. The normalized spacial score (nSPS) is 22.4. The second-order valence-electron chi connectivity index (χ2n) is 6.48. The van der Waals surface area contributed by atoms with Crippen LogP contribution in [0.4, 0.5) is 11.6 Å². The molecule has 12 heteroatoms. The van der Waals surface area contributed by atoms with Gasteiger partial charge in [0, 0.05) is 13.0 Å². The van der Waals surface area contributed by atoms with Crippen LogP contribution in [0.1, 0.15) is 51.0 Å². The molecule has 2 atom stereocenters. The first-order valence-corrected chi connectivity index (χ1v) is 10.7. The Kier molecular flexibility index (Phi) is 7.43. The first-order chi connectivity index (χ1) is 13.5. The van der Waals surface area contributed by atoms with Crippen LogP contribution in [0.15, 0.2) is 21.3 Å². The van der Waals surface area contributed by atoms with Gasteiger partial charge in [0.05, 0.1) is 23.5 Å². The Morgan fingerprint density at radius 2 is 1.54 bits per heavy atom. The van der Waals surface area contributed by atoms with E-state index in [0.29, 0.717) is 16.9 Å². The zero-order chi connectivity index (χ0) is 20.1. The van der Waals surface area contributed by atoms with Crippen molar-refractivity contribution in [3.8, 4) is 0 Å². The highest BCUT2D eigenvalue weighted by Gasteiger charge is 2.29. The summed E-state index contributed by atoms with van der Waals surface area (Å²) in [5, 5.41) is 18.9. The third-order valence-corrected chi connectivity index (χ3v) is 5.71. The number of rotatable bonds is 3. The highest BCUT2D eigenvalue weighted by atomic mass is 79.9. The highest BCUT2D eigenvalue weighted by molar-refractivity contribution is 9.11. The number of nitro groups is 1. The van der Waals surface area contributed by atoms with Crippen molar-refractivity contribution < 1.29 is 14.4 Å². The van der Waals surface area contributed by atoms with Crippen LogP contribution in [0.2, 0.25) is 0 Å². The zero-order valence-electron chi connectivity index (χ0n) is 15.2. The molecule has 154 valence electrons. The Morgan fingerprint density at radius 3 is 2.00 bits per heavy atom. The molecule has 2 aliphatic rings. The SMILES string of the molecule is Nc1c(Br)cnn1C1CCCCO1.O=[N+]([O-])c1c(Br)cnn1C1CCCCO1. The van der Waals surface area contributed by atoms with Gasteiger partial charge < -0.3 is 25.3 Å². The van der Waals surface area contributed by atoms with Crippen molar-refractivity contribution >= 4 is 43.5 Å². The van der Waals surface area contributed by atoms with Gasteiger partial charge in [-0.05, 0) is 68.9 Å². The monoisotopic (exact) mass is 520 g/mol. The topological polar surface area (TPSA) is 123 Å². The number of hydrogen-bond donors (Lipinski definition) is 1. The van der Waals surface area contributed by atoms with E-state index in [4.69, 9.17) is 15.2 Å². The Balaban J connectivity index is 0.000000162. The highest BCUT2D eigenvalue weighted by Crippen LogP contribution is 2.31. The minimum atomic E-state index is -0.449. The number of halogens is 2. The van der Waals surface area contributed by atoms with Crippen molar-refractivity contribution in [1.29, 1.82) is 0 Å². The molecule has 0 saturated carbocycles. The molecule has 4 heterocycles. The summed E-state index contributed by atoms with van der Waals surface area (Å²) in [4.78, 5) is 10.4. The average Bonchev–Trinajstić information content (AvgIpc) is 3.26. The van der Waals surface area contributed by atoms with Gasteiger partial charge in [0.2, 0.25) is 6.23 Å². The fraction of sp³-hybridized carbons (Fsp3) is 0.625. The molecule has 0 aromatic carbocycles. The van der Waals surface area contributed by atoms with E-state index in [9.17, 15) is 10.1 Å². The third-order valence-electron chi connectivity index (χ3n) is 4.54. The summed E-state index contributed by atoms with van der Waals surface area (Å²) in [7, 11) is 0. The summed E-state index contributed by atoms with van der Waals surface area (Å²) in [5.74, 6) is 0.605. The van der Waals surface area contributed by atoms with Gasteiger partial charge in [-0.1, -0.05) is 5.10 Å². The van der Waals surface area contributed by atoms with E-state index in [1.807, 2.05) is 0 Å². The van der Waals surface area contributed by atoms with E-state index < -0.39 is 4.92 Å². The Morgan fingerprint density at radius 1 is 1.00 bits per heavy atom. The molecule has 4 rings (SSSR count). The minimum Gasteiger partial charge on any atom is -0.383 e. The smallest absolute Gasteiger partial charge is 0.361 e. The molecule has 2 fully saturated rings. The third kappa shape index (κ3) is 4.91. The maximum Gasteiger partial charge on any atom is 0.361 e.